The van der Waals surface area contributed by atoms with Crippen LogP contribution in [0.4, 0.5) is 8.78 Å². The molecule has 2 aromatic heterocycles. The fourth-order valence-electron chi connectivity index (χ4n) is 3.02. The number of aromatic nitrogens is 4. The van der Waals surface area contributed by atoms with Gasteiger partial charge in [0.05, 0.1) is 35.1 Å². The molecule has 0 fully saturated rings. The third-order valence-corrected chi connectivity index (χ3v) is 5.26. The average molecular weight is 515 g/mol. The Bertz CT molecular complexity index is 1270. The predicted molar refractivity (Wildman–Crippen MR) is 125 cm³/mol. The molecule has 2 aromatic carbocycles. The second-order valence-electron chi connectivity index (χ2n) is 7.06. The highest BCUT2D eigenvalue weighted by atomic mass is 79.9. The molecule has 0 bridgehead atoms. The molecule has 6 nitrogen and oxygen atoms in total. The van der Waals surface area contributed by atoms with Crippen LogP contribution in [0.15, 0.2) is 67.6 Å². The van der Waals surface area contributed by atoms with Gasteiger partial charge in [-0.15, -0.1) is 0 Å². The first-order valence-electron chi connectivity index (χ1n) is 10.0. The van der Waals surface area contributed by atoms with Crippen molar-refractivity contribution in [3.05, 3.63) is 96.1 Å². The lowest BCUT2D eigenvalue weighted by Crippen LogP contribution is -2.03. The van der Waals surface area contributed by atoms with Gasteiger partial charge in [0.25, 0.3) is 0 Å². The highest BCUT2D eigenvalue weighted by Gasteiger charge is 2.10. The van der Waals surface area contributed by atoms with Crippen molar-refractivity contribution < 1.29 is 18.4 Å². The first kappa shape index (κ1) is 24.2. The number of alkyl halides is 1. The molecule has 0 atom stereocenters. The molecule has 0 aliphatic heterocycles. The molecule has 2 heterocycles. The van der Waals surface area contributed by atoms with E-state index in [1.807, 2.05) is 6.92 Å². The minimum absolute atomic E-state index is 0.0592. The summed E-state index contributed by atoms with van der Waals surface area (Å²) in [6, 6.07) is 8.91. The number of Topliss-reactive ketones (excluding diaryl/α,β-unsaturated/α-hetero) is 2. The monoisotopic (exact) mass is 514 g/mol. The Kier molecular flexibility index (Phi) is 8.00. The van der Waals surface area contributed by atoms with Gasteiger partial charge < -0.3 is 9.13 Å². The molecular formula is C24H21BrF2N4O2. The lowest BCUT2D eigenvalue weighted by molar-refractivity contribution is 0.0986. The third-order valence-electron chi connectivity index (χ3n) is 4.75. The molecule has 4 aromatic rings. The number of carbonyl (C=O) groups excluding carboxylic acids is 2. The Morgan fingerprint density at radius 1 is 0.939 bits per heavy atom. The van der Waals surface area contributed by atoms with E-state index in [0.717, 1.165) is 5.69 Å². The van der Waals surface area contributed by atoms with Crippen molar-refractivity contribution in [2.24, 2.45) is 0 Å². The Balaban J connectivity index is 0.000000186. The number of halogens is 3. The summed E-state index contributed by atoms with van der Waals surface area (Å²) in [6.45, 7) is 3.58. The summed E-state index contributed by atoms with van der Waals surface area (Å²) in [7, 11) is 0. The second-order valence-corrected chi connectivity index (χ2v) is 7.62. The SMILES string of the molecule is CCC(=O)c1ccc(-n2ccnc2)c(F)c1.Cc1cn(-c2ccc(C(=O)CBr)cc2F)cn1. The molecule has 33 heavy (non-hydrogen) atoms. The molecule has 0 saturated carbocycles. The number of nitrogens with zero attached hydrogens (tertiary/aromatic N) is 4. The quantitative estimate of drug-likeness (QED) is 0.251. The number of rotatable bonds is 6. The van der Waals surface area contributed by atoms with E-state index in [1.54, 1.807) is 65.2 Å². The highest BCUT2D eigenvalue weighted by Crippen LogP contribution is 2.17. The van der Waals surface area contributed by atoms with Gasteiger partial charge in [0.1, 0.15) is 11.6 Å². The summed E-state index contributed by atoms with van der Waals surface area (Å²) in [4.78, 5) is 30.6. The van der Waals surface area contributed by atoms with Crippen molar-refractivity contribution in [1.29, 1.82) is 0 Å². The predicted octanol–water partition coefficient (Wildman–Crippen LogP) is 5.50. The molecule has 0 N–H and O–H groups in total. The minimum Gasteiger partial charge on any atom is -0.303 e. The summed E-state index contributed by atoms with van der Waals surface area (Å²) in [5.74, 6) is -1.06. The van der Waals surface area contributed by atoms with E-state index in [-0.39, 0.29) is 16.9 Å². The lowest BCUT2D eigenvalue weighted by atomic mass is 10.1. The number of benzene rings is 2. The zero-order valence-electron chi connectivity index (χ0n) is 18.0. The number of hydrogen-bond acceptors (Lipinski definition) is 4. The van der Waals surface area contributed by atoms with Crippen LogP contribution in [0.3, 0.4) is 0 Å². The number of ketones is 2. The highest BCUT2D eigenvalue weighted by molar-refractivity contribution is 9.09. The van der Waals surface area contributed by atoms with Gasteiger partial charge in [0, 0.05) is 36.1 Å². The van der Waals surface area contributed by atoms with E-state index in [1.165, 1.54) is 18.5 Å². The molecule has 170 valence electrons. The molecule has 0 spiro atoms. The molecule has 9 heteroatoms. The average Bonchev–Trinajstić information content (AvgIpc) is 3.50. The van der Waals surface area contributed by atoms with Gasteiger partial charge in [-0.2, -0.15) is 0 Å². The topological polar surface area (TPSA) is 69.8 Å². The minimum atomic E-state index is -0.436. The van der Waals surface area contributed by atoms with E-state index in [4.69, 9.17) is 0 Å². The van der Waals surface area contributed by atoms with Gasteiger partial charge in [-0.1, -0.05) is 22.9 Å². The van der Waals surface area contributed by atoms with Crippen molar-refractivity contribution >= 4 is 27.5 Å². The zero-order chi connectivity index (χ0) is 24.0. The summed E-state index contributed by atoms with van der Waals surface area (Å²) in [5, 5.41) is 0.190. The van der Waals surface area contributed by atoms with Gasteiger partial charge in [-0.05, 0) is 43.3 Å². The maximum Gasteiger partial charge on any atom is 0.173 e. The van der Waals surface area contributed by atoms with Crippen molar-refractivity contribution in [2.45, 2.75) is 20.3 Å². The van der Waals surface area contributed by atoms with Crippen molar-refractivity contribution in [3.63, 3.8) is 0 Å². The smallest absolute Gasteiger partial charge is 0.173 e. The standard InChI is InChI=1S/C12H10BrFN2O.C12H11FN2O/c1-8-6-16(7-15-8)11-3-2-9(4-10(11)14)12(17)5-13;1-2-12(16)9-3-4-11(10(13)7-9)15-6-5-14-8-15/h2-4,6-7H,5H2,1H3;3-8H,2H2,1H3. The second kappa shape index (κ2) is 10.9. The van der Waals surface area contributed by atoms with E-state index in [0.29, 0.717) is 28.9 Å². The molecule has 0 aliphatic rings. The Morgan fingerprint density at radius 3 is 2.00 bits per heavy atom. The molecule has 4 rings (SSSR count). The maximum absolute atomic E-state index is 13.8. The Labute approximate surface area is 198 Å². The Hall–Kier alpha value is -3.46. The summed E-state index contributed by atoms with van der Waals surface area (Å²) in [6.07, 6.45) is 8.39. The van der Waals surface area contributed by atoms with Crippen LogP contribution in [0.2, 0.25) is 0 Å². The van der Waals surface area contributed by atoms with Crippen LogP contribution in [-0.4, -0.2) is 36.0 Å². The molecule has 0 amide bonds. The van der Waals surface area contributed by atoms with Gasteiger partial charge in [-0.25, -0.2) is 18.7 Å². The van der Waals surface area contributed by atoms with Crippen LogP contribution in [-0.2, 0) is 0 Å². The summed E-state index contributed by atoms with van der Waals surface area (Å²) >= 11 is 3.06. The number of imidazole rings is 2. The molecule has 0 saturated heterocycles. The Morgan fingerprint density at radius 2 is 1.55 bits per heavy atom. The largest absolute Gasteiger partial charge is 0.303 e. The number of carbonyl (C=O) groups is 2. The van der Waals surface area contributed by atoms with Crippen LogP contribution in [0, 0.1) is 18.6 Å². The van der Waals surface area contributed by atoms with Gasteiger partial charge in [-0.3, -0.25) is 9.59 Å². The summed E-state index contributed by atoms with van der Waals surface area (Å²) in [5.41, 5.74) is 2.36. The third kappa shape index (κ3) is 5.87. The lowest BCUT2D eigenvalue weighted by Gasteiger charge is -2.05. The van der Waals surface area contributed by atoms with Gasteiger partial charge in [0.2, 0.25) is 0 Å². The van der Waals surface area contributed by atoms with Crippen LogP contribution in [0.1, 0.15) is 39.8 Å². The van der Waals surface area contributed by atoms with E-state index < -0.39 is 11.6 Å². The normalized spacial score (nSPS) is 10.5. The molecule has 0 aliphatic carbocycles. The number of hydrogen-bond donors (Lipinski definition) is 0. The van der Waals surface area contributed by atoms with Crippen LogP contribution < -0.4 is 0 Å². The van der Waals surface area contributed by atoms with Crippen molar-refractivity contribution in [2.75, 3.05) is 5.33 Å². The first-order chi connectivity index (χ1) is 15.8. The zero-order valence-corrected chi connectivity index (χ0v) is 19.6. The fourth-order valence-corrected chi connectivity index (χ4v) is 3.34. The van der Waals surface area contributed by atoms with Crippen molar-refractivity contribution in [3.8, 4) is 11.4 Å². The fraction of sp³-hybridized carbons (Fsp3) is 0.167. The number of aryl methyl sites for hydroxylation is 1. The maximum atomic E-state index is 13.8. The van der Waals surface area contributed by atoms with Gasteiger partial charge in [0.15, 0.2) is 11.6 Å². The first-order valence-corrected chi connectivity index (χ1v) is 11.2. The van der Waals surface area contributed by atoms with Crippen molar-refractivity contribution in [1.82, 2.24) is 19.1 Å². The van der Waals surface area contributed by atoms with E-state index in [2.05, 4.69) is 25.9 Å². The van der Waals surface area contributed by atoms with Crippen LogP contribution in [0.25, 0.3) is 11.4 Å². The molecular weight excluding hydrogens is 494 g/mol. The molecule has 0 radical (unpaired) electrons. The van der Waals surface area contributed by atoms with Crippen LogP contribution in [0.5, 0.6) is 0 Å². The van der Waals surface area contributed by atoms with E-state index in [9.17, 15) is 18.4 Å². The summed E-state index contributed by atoms with van der Waals surface area (Å²) < 4.78 is 30.7. The molecule has 0 unspecified atom stereocenters. The van der Waals surface area contributed by atoms with Gasteiger partial charge >= 0.3 is 0 Å². The van der Waals surface area contributed by atoms with E-state index >= 15 is 0 Å². The van der Waals surface area contributed by atoms with Crippen LogP contribution >= 0.6 is 15.9 Å².